The van der Waals surface area contributed by atoms with Gasteiger partial charge in [-0.25, -0.2) is 8.42 Å². The van der Waals surface area contributed by atoms with Crippen molar-refractivity contribution >= 4 is 39.2 Å². The molecule has 0 aliphatic rings. The molecular weight excluding hydrogens is 337 g/mol. The summed E-state index contributed by atoms with van der Waals surface area (Å²) in [5.41, 5.74) is 0. The Balaban J connectivity index is 3.10. The van der Waals surface area contributed by atoms with Gasteiger partial charge in [-0.15, -0.1) is 0 Å². The van der Waals surface area contributed by atoms with Gasteiger partial charge in [0.15, 0.2) is 0 Å². The van der Waals surface area contributed by atoms with Crippen LogP contribution in [0, 0.1) is 5.92 Å². The number of carbonyl (C=O) groups excluding carboxylic acids is 1. The van der Waals surface area contributed by atoms with Crippen molar-refractivity contribution in [3.63, 3.8) is 0 Å². The fourth-order valence-corrected chi connectivity index (χ4v) is 4.07. The first-order chi connectivity index (χ1) is 9.72. The quantitative estimate of drug-likeness (QED) is 0.737. The number of rotatable bonds is 6. The second-order valence-electron chi connectivity index (χ2n) is 4.49. The highest BCUT2D eigenvalue weighted by molar-refractivity contribution is 7.89. The molecule has 0 aliphatic carbocycles. The Morgan fingerprint density at radius 1 is 1.29 bits per heavy atom. The Kier molecular flexibility index (Phi) is 6.46. The van der Waals surface area contributed by atoms with Crippen LogP contribution in [0.2, 0.25) is 10.0 Å². The lowest BCUT2D eigenvalue weighted by Gasteiger charge is -2.23. The number of benzene rings is 1. The second kappa shape index (κ2) is 7.45. The van der Waals surface area contributed by atoms with E-state index in [9.17, 15) is 13.2 Å². The fourth-order valence-electron chi connectivity index (χ4n) is 1.80. The molecule has 0 spiro atoms. The molecular formula is C13H17Cl2NO4S. The normalized spacial score (nSPS) is 13.2. The van der Waals surface area contributed by atoms with Crippen molar-refractivity contribution < 1.29 is 17.9 Å². The van der Waals surface area contributed by atoms with E-state index >= 15 is 0 Å². The molecule has 0 saturated carbocycles. The average Bonchev–Trinajstić information content (AvgIpc) is 2.42. The Morgan fingerprint density at radius 2 is 1.81 bits per heavy atom. The Hall–Kier alpha value is -0.820. The monoisotopic (exact) mass is 353 g/mol. The fraction of sp³-hybridized carbons (Fsp3) is 0.462. The van der Waals surface area contributed by atoms with Crippen LogP contribution in [0.5, 0.6) is 0 Å². The Labute approximate surface area is 134 Å². The van der Waals surface area contributed by atoms with E-state index < -0.39 is 21.9 Å². The summed E-state index contributed by atoms with van der Waals surface area (Å²) in [6.45, 7) is 3.53. The first-order valence-electron chi connectivity index (χ1n) is 6.26. The molecule has 0 aliphatic heterocycles. The van der Waals surface area contributed by atoms with Gasteiger partial charge in [-0.3, -0.25) is 4.79 Å². The predicted molar refractivity (Wildman–Crippen MR) is 82.1 cm³/mol. The van der Waals surface area contributed by atoms with Gasteiger partial charge in [-0.2, -0.15) is 4.31 Å². The maximum Gasteiger partial charge on any atom is 0.309 e. The second-order valence-corrected chi connectivity index (χ2v) is 7.30. The molecule has 0 amide bonds. The third-order valence-electron chi connectivity index (χ3n) is 2.91. The van der Waals surface area contributed by atoms with Gasteiger partial charge in [0.05, 0.1) is 17.9 Å². The molecule has 5 nitrogen and oxygen atoms in total. The molecule has 1 rings (SSSR count). The van der Waals surface area contributed by atoms with Crippen LogP contribution in [0.4, 0.5) is 0 Å². The van der Waals surface area contributed by atoms with Crippen molar-refractivity contribution in [1.82, 2.24) is 4.31 Å². The van der Waals surface area contributed by atoms with Crippen LogP contribution in [0.25, 0.3) is 0 Å². The van der Waals surface area contributed by atoms with Crippen molar-refractivity contribution in [2.45, 2.75) is 18.7 Å². The van der Waals surface area contributed by atoms with E-state index in [1.165, 1.54) is 29.6 Å². The number of nitrogens with zero attached hydrogens (tertiary/aromatic N) is 1. The molecule has 1 aromatic carbocycles. The van der Waals surface area contributed by atoms with Crippen molar-refractivity contribution in [2.75, 3.05) is 20.2 Å². The third-order valence-corrected chi connectivity index (χ3v) is 5.26. The van der Waals surface area contributed by atoms with Gasteiger partial charge in [0.2, 0.25) is 10.0 Å². The average molecular weight is 354 g/mol. The van der Waals surface area contributed by atoms with Crippen LogP contribution in [-0.2, 0) is 19.6 Å². The van der Waals surface area contributed by atoms with Gasteiger partial charge >= 0.3 is 5.97 Å². The van der Waals surface area contributed by atoms with Crippen molar-refractivity contribution in [3.8, 4) is 0 Å². The molecule has 8 heteroatoms. The highest BCUT2D eigenvalue weighted by atomic mass is 35.5. The maximum atomic E-state index is 12.6. The van der Waals surface area contributed by atoms with E-state index in [1.54, 1.807) is 13.8 Å². The predicted octanol–water partition coefficient (Wildman–Crippen LogP) is 2.81. The molecule has 0 heterocycles. The summed E-state index contributed by atoms with van der Waals surface area (Å²) in [7, 11) is -2.51. The first-order valence-corrected chi connectivity index (χ1v) is 8.46. The zero-order valence-electron chi connectivity index (χ0n) is 12.0. The van der Waals surface area contributed by atoms with Gasteiger partial charge in [0.25, 0.3) is 0 Å². The minimum Gasteiger partial charge on any atom is -0.469 e. The third kappa shape index (κ3) is 4.57. The molecule has 1 atom stereocenters. The number of sulfonamides is 1. The number of halogens is 2. The highest BCUT2D eigenvalue weighted by Crippen LogP contribution is 2.25. The Bertz CT molecular complexity index is 598. The molecule has 0 aromatic heterocycles. The lowest BCUT2D eigenvalue weighted by atomic mass is 10.2. The molecule has 0 bridgehead atoms. The molecule has 0 saturated heterocycles. The lowest BCUT2D eigenvalue weighted by Crippen LogP contribution is -2.37. The standard InChI is InChI=1S/C13H17Cl2NO4S/c1-4-16(8-9(2)13(17)20-3)21(18,19)12-6-10(14)5-11(15)7-12/h5-7,9H,4,8H2,1-3H3. The molecule has 1 aromatic rings. The number of esters is 1. The van der Waals surface area contributed by atoms with Crippen LogP contribution in [0.3, 0.4) is 0 Å². The SMILES string of the molecule is CCN(CC(C)C(=O)OC)S(=O)(=O)c1cc(Cl)cc(Cl)c1. The van der Waals surface area contributed by atoms with Gasteiger partial charge in [-0.1, -0.05) is 37.0 Å². The van der Waals surface area contributed by atoms with Crippen molar-refractivity contribution in [2.24, 2.45) is 5.92 Å². The zero-order valence-corrected chi connectivity index (χ0v) is 14.3. The summed E-state index contributed by atoms with van der Waals surface area (Å²) in [6.07, 6.45) is 0. The summed E-state index contributed by atoms with van der Waals surface area (Å²) < 4.78 is 30.9. The highest BCUT2D eigenvalue weighted by Gasteiger charge is 2.27. The molecule has 21 heavy (non-hydrogen) atoms. The van der Waals surface area contributed by atoms with Crippen LogP contribution in [-0.4, -0.2) is 38.9 Å². The maximum absolute atomic E-state index is 12.6. The topological polar surface area (TPSA) is 63.7 Å². The minimum atomic E-state index is -3.78. The van der Waals surface area contributed by atoms with Gasteiger partial charge < -0.3 is 4.74 Å². The van der Waals surface area contributed by atoms with E-state index in [2.05, 4.69) is 4.74 Å². The molecule has 118 valence electrons. The van der Waals surface area contributed by atoms with E-state index in [0.717, 1.165) is 0 Å². The largest absolute Gasteiger partial charge is 0.469 e. The van der Waals surface area contributed by atoms with Gasteiger partial charge in [0.1, 0.15) is 0 Å². The van der Waals surface area contributed by atoms with Crippen LogP contribution < -0.4 is 0 Å². The van der Waals surface area contributed by atoms with Crippen molar-refractivity contribution in [1.29, 1.82) is 0 Å². The summed E-state index contributed by atoms with van der Waals surface area (Å²) in [5, 5.41) is 0.469. The van der Waals surface area contributed by atoms with E-state index in [4.69, 9.17) is 23.2 Å². The van der Waals surface area contributed by atoms with E-state index in [-0.39, 0.29) is 28.0 Å². The zero-order chi connectivity index (χ0) is 16.2. The number of methoxy groups -OCH3 is 1. The summed E-state index contributed by atoms with van der Waals surface area (Å²) in [6, 6.07) is 4.11. The van der Waals surface area contributed by atoms with Crippen LogP contribution >= 0.6 is 23.2 Å². The van der Waals surface area contributed by atoms with Crippen LogP contribution in [0.1, 0.15) is 13.8 Å². The summed E-state index contributed by atoms with van der Waals surface area (Å²) >= 11 is 11.7. The molecule has 1 unspecified atom stereocenters. The number of carbonyl (C=O) groups is 1. The lowest BCUT2D eigenvalue weighted by molar-refractivity contribution is -0.145. The number of hydrogen-bond acceptors (Lipinski definition) is 4. The Morgan fingerprint density at radius 3 is 2.24 bits per heavy atom. The first kappa shape index (κ1) is 18.2. The van der Waals surface area contributed by atoms with Gasteiger partial charge in [-0.05, 0) is 18.2 Å². The molecule has 0 radical (unpaired) electrons. The van der Waals surface area contributed by atoms with Crippen LogP contribution in [0.15, 0.2) is 23.1 Å². The van der Waals surface area contributed by atoms with Crippen molar-refractivity contribution in [3.05, 3.63) is 28.2 Å². The number of ether oxygens (including phenoxy) is 1. The molecule has 0 N–H and O–H groups in total. The minimum absolute atomic E-state index is 0.00100. The van der Waals surface area contributed by atoms with E-state index in [0.29, 0.717) is 0 Å². The smallest absolute Gasteiger partial charge is 0.309 e. The molecule has 0 fully saturated rings. The van der Waals surface area contributed by atoms with Gasteiger partial charge in [0, 0.05) is 23.1 Å². The summed E-state index contributed by atoms with van der Waals surface area (Å²) in [5.74, 6) is -1.04. The number of hydrogen-bond donors (Lipinski definition) is 0. The van der Waals surface area contributed by atoms with E-state index in [1.807, 2.05) is 0 Å². The summed E-state index contributed by atoms with van der Waals surface area (Å²) in [4.78, 5) is 11.4.